The van der Waals surface area contributed by atoms with Crippen molar-refractivity contribution in [1.29, 1.82) is 0 Å². The second-order valence-corrected chi connectivity index (χ2v) is 7.55. The van der Waals surface area contributed by atoms with Crippen molar-refractivity contribution in [3.63, 3.8) is 0 Å². The van der Waals surface area contributed by atoms with Crippen LogP contribution in [0.15, 0.2) is 6.08 Å². The van der Waals surface area contributed by atoms with Crippen LogP contribution in [0.5, 0.6) is 5.75 Å². The minimum Gasteiger partial charge on any atom is -0.488 e. The first kappa shape index (κ1) is 24.6. The zero-order valence-electron chi connectivity index (χ0n) is 18.1. The molecule has 0 saturated heterocycles. The molecule has 9 heteroatoms. The van der Waals surface area contributed by atoms with Crippen molar-refractivity contribution in [3.8, 4) is 5.75 Å². The summed E-state index contributed by atoms with van der Waals surface area (Å²) in [5.41, 5.74) is 1.10. The van der Waals surface area contributed by atoms with E-state index in [2.05, 4.69) is 10.3 Å². The maximum absolute atomic E-state index is 12.0. The van der Waals surface area contributed by atoms with E-state index in [1.807, 2.05) is 20.8 Å². The SMILES string of the molecule is CCOC(=O)C=Cc1c(Cl)nc(C)c(OCCN(C)C(=O)OC(C)(C)C)c1NC. The molecule has 0 radical (unpaired) electrons. The molecule has 162 valence electrons. The van der Waals surface area contributed by atoms with Crippen LogP contribution in [0.25, 0.3) is 6.08 Å². The molecule has 1 amide bonds. The number of esters is 1. The van der Waals surface area contributed by atoms with Crippen LogP contribution in [0.2, 0.25) is 5.15 Å². The number of likely N-dealkylation sites (N-methyl/N-ethyl adjacent to an activating group) is 1. The second-order valence-electron chi connectivity index (χ2n) is 7.19. The zero-order chi connectivity index (χ0) is 22.2. The highest BCUT2D eigenvalue weighted by molar-refractivity contribution is 6.31. The lowest BCUT2D eigenvalue weighted by Crippen LogP contribution is -2.36. The number of aromatic nitrogens is 1. The van der Waals surface area contributed by atoms with Crippen molar-refractivity contribution in [1.82, 2.24) is 9.88 Å². The Hall–Kier alpha value is -2.48. The van der Waals surface area contributed by atoms with Crippen molar-refractivity contribution < 1.29 is 23.8 Å². The number of carbonyl (C=O) groups excluding carboxylic acids is 2. The van der Waals surface area contributed by atoms with Crippen LogP contribution in [0, 0.1) is 6.92 Å². The minimum atomic E-state index is -0.567. The van der Waals surface area contributed by atoms with Crippen LogP contribution >= 0.6 is 11.6 Å². The molecule has 0 aliphatic carbocycles. The number of ether oxygens (including phenoxy) is 3. The first-order valence-corrected chi connectivity index (χ1v) is 9.67. The number of nitrogens with one attached hydrogen (secondary N) is 1. The highest BCUT2D eigenvalue weighted by Gasteiger charge is 2.20. The molecule has 1 aromatic rings. The number of aryl methyl sites for hydroxylation is 1. The summed E-state index contributed by atoms with van der Waals surface area (Å²) in [5.74, 6) is 0.00523. The van der Waals surface area contributed by atoms with Gasteiger partial charge in [-0.2, -0.15) is 0 Å². The number of anilines is 1. The predicted octanol–water partition coefficient (Wildman–Crippen LogP) is 3.91. The smallest absolute Gasteiger partial charge is 0.410 e. The van der Waals surface area contributed by atoms with E-state index < -0.39 is 17.7 Å². The monoisotopic (exact) mass is 427 g/mol. The van der Waals surface area contributed by atoms with Crippen molar-refractivity contribution in [2.45, 2.75) is 40.2 Å². The Morgan fingerprint density at radius 2 is 1.97 bits per heavy atom. The first-order valence-electron chi connectivity index (χ1n) is 9.29. The molecule has 29 heavy (non-hydrogen) atoms. The molecule has 0 bridgehead atoms. The van der Waals surface area contributed by atoms with E-state index >= 15 is 0 Å². The van der Waals surface area contributed by atoms with Gasteiger partial charge < -0.3 is 24.4 Å². The van der Waals surface area contributed by atoms with Crippen LogP contribution in [-0.2, 0) is 14.3 Å². The Bertz CT molecular complexity index is 759. The van der Waals surface area contributed by atoms with E-state index in [0.29, 0.717) is 29.2 Å². The summed E-state index contributed by atoms with van der Waals surface area (Å²) in [4.78, 5) is 29.4. The molecule has 0 saturated carbocycles. The molecule has 0 unspecified atom stereocenters. The van der Waals surface area contributed by atoms with E-state index in [-0.39, 0.29) is 18.4 Å². The zero-order valence-corrected chi connectivity index (χ0v) is 18.8. The van der Waals surface area contributed by atoms with Gasteiger partial charge in [0, 0.05) is 25.7 Å². The average Bonchev–Trinajstić information content (AvgIpc) is 2.60. The van der Waals surface area contributed by atoms with Gasteiger partial charge in [0.15, 0.2) is 5.75 Å². The van der Waals surface area contributed by atoms with Crippen molar-refractivity contribution >= 4 is 35.4 Å². The van der Waals surface area contributed by atoms with Crippen LogP contribution in [0.4, 0.5) is 10.5 Å². The average molecular weight is 428 g/mol. The third kappa shape index (κ3) is 7.81. The number of hydrogen-bond donors (Lipinski definition) is 1. The fourth-order valence-corrected chi connectivity index (χ4v) is 2.58. The summed E-state index contributed by atoms with van der Waals surface area (Å²) >= 11 is 6.25. The molecular weight excluding hydrogens is 398 g/mol. The van der Waals surface area contributed by atoms with Crippen LogP contribution in [-0.4, -0.2) is 61.4 Å². The largest absolute Gasteiger partial charge is 0.488 e. The molecule has 1 heterocycles. The molecule has 0 atom stereocenters. The van der Waals surface area contributed by atoms with E-state index in [4.69, 9.17) is 25.8 Å². The van der Waals surface area contributed by atoms with Gasteiger partial charge in [0.2, 0.25) is 0 Å². The number of hydrogen-bond acceptors (Lipinski definition) is 7. The summed E-state index contributed by atoms with van der Waals surface area (Å²) in [5, 5.41) is 3.26. The molecule has 1 N–H and O–H groups in total. The Balaban J connectivity index is 2.95. The molecule has 1 rings (SSSR count). The Morgan fingerprint density at radius 3 is 2.52 bits per heavy atom. The van der Waals surface area contributed by atoms with Gasteiger partial charge in [-0.1, -0.05) is 11.6 Å². The predicted molar refractivity (Wildman–Crippen MR) is 114 cm³/mol. The summed E-state index contributed by atoms with van der Waals surface area (Å²) in [7, 11) is 3.35. The third-order valence-electron chi connectivity index (χ3n) is 3.61. The molecule has 0 fully saturated rings. The van der Waals surface area contributed by atoms with Crippen molar-refractivity contribution in [2.24, 2.45) is 0 Å². The lowest BCUT2D eigenvalue weighted by atomic mass is 10.1. The van der Waals surface area contributed by atoms with Gasteiger partial charge in [0.05, 0.1) is 24.5 Å². The fraction of sp³-hybridized carbons (Fsp3) is 0.550. The molecule has 0 aliphatic rings. The van der Waals surface area contributed by atoms with Gasteiger partial charge >= 0.3 is 12.1 Å². The highest BCUT2D eigenvalue weighted by Crippen LogP contribution is 2.35. The molecular formula is C20H30ClN3O5. The molecule has 8 nitrogen and oxygen atoms in total. The van der Waals surface area contributed by atoms with E-state index in [1.54, 1.807) is 27.9 Å². The van der Waals surface area contributed by atoms with E-state index in [1.165, 1.54) is 17.1 Å². The van der Waals surface area contributed by atoms with Crippen molar-refractivity contribution in [3.05, 3.63) is 22.5 Å². The van der Waals surface area contributed by atoms with Crippen LogP contribution < -0.4 is 10.1 Å². The maximum Gasteiger partial charge on any atom is 0.410 e. The number of halogens is 1. The normalized spacial score (nSPS) is 11.3. The highest BCUT2D eigenvalue weighted by atomic mass is 35.5. The summed E-state index contributed by atoms with van der Waals surface area (Å²) in [6, 6.07) is 0. The standard InChI is InChI=1S/C20H30ClN3O5/c1-8-27-15(25)10-9-14-16(22-6)17(13(2)23-18(14)21)28-12-11-24(7)19(26)29-20(3,4)5/h9-10H,8,11-12H2,1-7H3,(H,22,23). The van der Waals surface area contributed by atoms with Gasteiger partial charge in [-0.3, -0.25) is 0 Å². The summed E-state index contributed by atoms with van der Waals surface area (Å²) in [6.45, 7) is 9.72. The minimum absolute atomic E-state index is 0.218. The number of pyridine rings is 1. The Labute approximate surface area is 177 Å². The van der Waals surface area contributed by atoms with Crippen molar-refractivity contribution in [2.75, 3.05) is 39.2 Å². The van der Waals surface area contributed by atoms with Gasteiger partial charge in [-0.25, -0.2) is 14.6 Å². The van der Waals surface area contributed by atoms with Gasteiger partial charge in [0.25, 0.3) is 0 Å². The molecule has 0 aliphatic heterocycles. The first-order chi connectivity index (χ1) is 13.5. The number of nitrogens with zero attached hydrogens (tertiary/aromatic N) is 2. The van der Waals surface area contributed by atoms with Gasteiger partial charge in [0.1, 0.15) is 17.4 Å². The van der Waals surface area contributed by atoms with Crippen LogP contribution in [0.3, 0.4) is 0 Å². The number of rotatable bonds is 8. The quantitative estimate of drug-likeness (QED) is 0.382. The molecule has 1 aromatic heterocycles. The van der Waals surface area contributed by atoms with E-state index in [9.17, 15) is 9.59 Å². The fourth-order valence-electron chi connectivity index (χ4n) is 2.30. The summed E-state index contributed by atoms with van der Waals surface area (Å²) < 4.78 is 16.1. The molecule has 0 spiro atoms. The lowest BCUT2D eigenvalue weighted by Gasteiger charge is -2.25. The van der Waals surface area contributed by atoms with Gasteiger partial charge in [-0.15, -0.1) is 0 Å². The summed E-state index contributed by atoms with van der Waals surface area (Å²) in [6.07, 6.45) is 2.37. The Kier molecular flexibility index (Phi) is 9.23. The number of amides is 1. The van der Waals surface area contributed by atoms with Gasteiger partial charge in [-0.05, 0) is 40.7 Å². The third-order valence-corrected chi connectivity index (χ3v) is 3.90. The Morgan fingerprint density at radius 1 is 1.31 bits per heavy atom. The lowest BCUT2D eigenvalue weighted by molar-refractivity contribution is -0.137. The second kappa shape index (κ2) is 10.9. The van der Waals surface area contributed by atoms with Crippen LogP contribution in [0.1, 0.15) is 39.0 Å². The maximum atomic E-state index is 12.0. The molecule has 0 aromatic carbocycles. The number of carbonyl (C=O) groups is 2. The topological polar surface area (TPSA) is 90.0 Å². The van der Waals surface area contributed by atoms with E-state index in [0.717, 1.165) is 0 Å².